The molecule has 1 aromatic heterocycles. The van der Waals surface area contributed by atoms with Gasteiger partial charge in [0.25, 0.3) is 0 Å². The maximum atomic E-state index is 12.0. The van der Waals surface area contributed by atoms with E-state index in [1.54, 1.807) is 31.3 Å². The smallest absolute Gasteiger partial charge is 0.220 e. The van der Waals surface area contributed by atoms with Crippen LogP contribution in [0.5, 0.6) is 11.5 Å². The van der Waals surface area contributed by atoms with Crippen molar-refractivity contribution in [3.05, 3.63) is 53.9 Å². The topological polar surface area (TPSA) is 60.9 Å². The average molecular weight is 356 g/mol. The molecule has 1 atom stereocenters. The summed E-state index contributed by atoms with van der Waals surface area (Å²) in [6.07, 6.45) is 4.44. The molecule has 1 saturated heterocycles. The second-order valence-electron chi connectivity index (χ2n) is 6.33. The van der Waals surface area contributed by atoms with Gasteiger partial charge in [0.05, 0.1) is 20.3 Å². The van der Waals surface area contributed by atoms with E-state index in [0.717, 1.165) is 24.2 Å². The van der Waals surface area contributed by atoms with Gasteiger partial charge in [-0.3, -0.25) is 9.78 Å². The third kappa shape index (κ3) is 4.73. The Hall–Kier alpha value is -2.60. The Labute approximate surface area is 153 Å². The highest BCUT2D eigenvalue weighted by Crippen LogP contribution is 2.30. The van der Waals surface area contributed by atoms with Crippen molar-refractivity contribution in [2.45, 2.75) is 32.5 Å². The molecule has 1 amide bonds. The van der Waals surface area contributed by atoms with Gasteiger partial charge in [-0.15, -0.1) is 0 Å². The van der Waals surface area contributed by atoms with Gasteiger partial charge in [-0.1, -0.05) is 12.1 Å². The minimum absolute atomic E-state index is 0.0104. The Kier molecular flexibility index (Phi) is 6.07. The Morgan fingerprint density at radius 3 is 2.77 bits per heavy atom. The number of hydrogen-bond donors (Lipinski definition) is 0. The predicted molar refractivity (Wildman–Crippen MR) is 97.0 cm³/mol. The normalized spacial score (nSPS) is 16.3. The van der Waals surface area contributed by atoms with E-state index >= 15 is 0 Å². The molecule has 1 aliphatic rings. The van der Waals surface area contributed by atoms with E-state index in [-0.39, 0.29) is 12.0 Å². The minimum atomic E-state index is 0.0104. The van der Waals surface area contributed by atoms with Crippen LogP contribution in [0.15, 0.2) is 42.7 Å². The molecule has 138 valence electrons. The molecule has 6 heteroatoms. The molecule has 1 aromatic carbocycles. The van der Waals surface area contributed by atoms with Crippen LogP contribution < -0.4 is 9.47 Å². The Morgan fingerprint density at radius 1 is 1.27 bits per heavy atom. The fourth-order valence-corrected chi connectivity index (χ4v) is 2.90. The zero-order valence-electron chi connectivity index (χ0n) is 15.2. The quantitative estimate of drug-likeness (QED) is 0.763. The summed E-state index contributed by atoms with van der Waals surface area (Å²) in [5, 5.41) is 0. The van der Waals surface area contributed by atoms with E-state index in [1.807, 2.05) is 30.3 Å². The molecule has 6 nitrogen and oxygen atoms in total. The molecule has 0 unspecified atom stereocenters. The summed E-state index contributed by atoms with van der Waals surface area (Å²) >= 11 is 0. The lowest BCUT2D eigenvalue weighted by Crippen LogP contribution is -2.27. The number of methoxy groups -OCH3 is 1. The fourth-order valence-electron chi connectivity index (χ4n) is 2.90. The summed E-state index contributed by atoms with van der Waals surface area (Å²) in [4.78, 5) is 17.9. The van der Waals surface area contributed by atoms with E-state index in [2.05, 4.69) is 4.98 Å². The maximum absolute atomic E-state index is 12.0. The van der Waals surface area contributed by atoms with E-state index in [4.69, 9.17) is 14.2 Å². The van der Waals surface area contributed by atoms with Crippen LogP contribution in [-0.4, -0.2) is 42.2 Å². The summed E-state index contributed by atoms with van der Waals surface area (Å²) in [6, 6.07) is 9.62. The predicted octanol–water partition coefficient (Wildman–Crippen LogP) is 2.81. The first kappa shape index (κ1) is 18.2. The standard InChI is InChI=1S/C20H24N2O4/c1-15(23)22(13-17-4-3-8-21-11-17)12-16-5-6-19(20(10-16)24-2)26-18-7-9-25-14-18/h3-6,8,10-11,18H,7,9,12-14H2,1-2H3/t18-/m0/s1. The van der Waals surface area contributed by atoms with Crippen LogP contribution in [0.25, 0.3) is 0 Å². The van der Waals surface area contributed by atoms with Crippen LogP contribution in [0, 0.1) is 0 Å². The van der Waals surface area contributed by atoms with Crippen LogP contribution in [0.4, 0.5) is 0 Å². The number of hydrogen-bond acceptors (Lipinski definition) is 5. The highest BCUT2D eigenvalue weighted by atomic mass is 16.6. The number of amides is 1. The fraction of sp³-hybridized carbons (Fsp3) is 0.400. The first-order chi connectivity index (χ1) is 12.7. The van der Waals surface area contributed by atoms with Gasteiger partial charge in [-0.2, -0.15) is 0 Å². The first-order valence-electron chi connectivity index (χ1n) is 8.71. The van der Waals surface area contributed by atoms with Gasteiger partial charge in [-0.25, -0.2) is 0 Å². The maximum Gasteiger partial charge on any atom is 0.220 e. The summed E-state index contributed by atoms with van der Waals surface area (Å²) in [6.45, 7) is 3.92. The van der Waals surface area contributed by atoms with E-state index in [1.165, 1.54) is 0 Å². The van der Waals surface area contributed by atoms with Crippen LogP contribution in [-0.2, 0) is 22.6 Å². The third-order valence-electron chi connectivity index (χ3n) is 4.32. The van der Waals surface area contributed by atoms with Gasteiger partial charge in [0, 0.05) is 38.8 Å². The Balaban J connectivity index is 1.71. The lowest BCUT2D eigenvalue weighted by molar-refractivity contribution is -0.130. The molecule has 0 N–H and O–H groups in total. The monoisotopic (exact) mass is 356 g/mol. The van der Waals surface area contributed by atoms with Crippen LogP contribution >= 0.6 is 0 Å². The van der Waals surface area contributed by atoms with E-state index < -0.39 is 0 Å². The number of nitrogens with zero attached hydrogens (tertiary/aromatic N) is 2. The van der Waals surface area contributed by atoms with Gasteiger partial charge in [0.15, 0.2) is 11.5 Å². The lowest BCUT2D eigenvalue weighted by atomic mass is 10.1. The second-order valence-corrected chi connectivity index (χ2v) is 6.33. The Bertz CT molecular complexity index is 730. The Morgan fingerprint density at radius 2 is 2.12 bits per heavy atom. The SMILES string of the molecule is COc1cc(CN(Cc2cccnc2)C(C)=O)ccc1O[C@H]1CCOC1. The highest BCUT2D eigenvalue weighted by molar-refractivity contribution is 5.73. The second kappa shape index (κ2) is 8.67. The molecule has 0 aliphatic carbocycles. The molecule has 1 fully saturated rings. The summed E-state index contributed by atoms with van der Waals surface area (Å²) in [5.41, 5.74) is 1.98. The molecule has 0 spiro atoms. The van der Waals surface area contributed by atoms with Crippen molar-refractivity contribution < 1.29 is 19.0 Å². The molecule has 3 rings (SSSR count). The van der Waals surface area contributed by atoms with Crippen molar-refractivity contribution in [3.8, 4) is 11.5 Å². The molecule has 2 heterocycles. The number of rotatable bonds is 7. The molecule has 0 saturated carbocycles. The van der Waals surface area contributed by atoms with Crippen LogP contribution in [0.3, 0.4) is 0 Å². The molecular formula is C20H24N2O4. The highest BCUT2D eigenvalue weighted by Gasteiger charge is 2.19. The molecule has 26 heavy (non-hydrogen) atoms. The zero-order valence-corrected chi connectivity index (χ0v) is 15.2. The number of pyridine rings is 1. The summed E-state index contributed by atoms with van der Waals surface area (Å²) in [5.74, 6) is 1.38. The number of ether oxygens (including phenoxy) is 3. The summed E-state index contributed by atoms with van der Waals surface area (Å²) in [7, 11) is 1.62. The average Bonchev–Trinajstić information content (AvgIpc) is 3.16. The zero-order chi connectivity index (χ0) is 18.4. The van der Waals surface area contributed by atoms with Crippen LogP contribution in [0.2, 0.25) is 0 Å². The van der Waals surface area contributed by atoms with Gasteiger partial charge in [0.1, 0.15) is 6.10 Å². The number of aromatic nitrogens is 1. The number of carbonyl (C=O) groups excluding carboxylic acids is 1. The largest absolute Gasteiger partial charge is 0.493 e. The van der Waals surface area contributed by atoms with E-state index in [9.17, 15) is 4.79 Å². The first-order valence-corrected chi connectivity index (χ1v) is 8.71. The van der Waals surface area contributed by atoms with Crippen molar-refractivity contribution in [2.75, 3.05) is 20.3 Å². The number of benzene rings is 1. The molecule has 1 aliphatic heterocycles. The molecular weight excluding hydrogens is 332 g/mol. The van der Waals surface area contributed by atoms with Gasteiger partial charge >= 0.3 is 0 Å². The molecule has 0 bridgehead atoms. The summed E-state index contributed by atoms with van der Waals surface area (Å²) < 4.78 is 16.8. The molecule has 0 radical (unpaired) electrons. The number of carbonyl (C=O) groups is 1. The van der Waals surface area contributed by atoms with Gasteiger partial charge < -0.3 is 19.1 Å². The van der Waals surface area contributed by atoms with Crippen molar-refractivity contribution in [1.82, 2.24) is 9.88 Å². The van der Waals surface area contributed by atoms with E-state index in [0.29, 0.717) is 31.2 Å². The van der Waals surface area contributed by atoms with Crippen molar-refractivity contribution in [3.63, 3.8) is 0 Å². The molecule has 2 aromatic rings. The van der Waals surface area contributed by atoms with Crippen LogP contribution in [0.1, 0.15) is 24.5 Å². The minimum Gasteiger partial charge on any atom is -0.493 e. The lowest BCUT2D eigenvalue weighted by Gasteiger charge is -2.22. The van der Waals surface area contributed by atoms with Gasteiger partial charge in [0.2, 0.25) is 5.91 Å². The third-order valence-corrected chi connectivity index (χ3v) is 4.32. The van der Waals surface area contributed by atoms with Crippen molar-refractivity contribution in [2.24, 2.45) is 0 Å². The van der Waals surface area contributed by atoms with Gasteiger partial charge in [-0.05, 0) is 29.3 Å². The van der Waals surface area contributed by atoms with Crippen molar-refractivity contribution in [1.29, 1.82) is 0 Å². The van der Waals surface area contributed by atoms with Crippen molar-refractivity contribution >= 4 is 5.91 Å².